The van der Waals surface area contributed by atoms with Gasteiger partial charge in [-0.25, -0.2) is 4.98 Å². The number of fused-ring (bicyclic) bond motifs is 1. The molecule has 4 nitrogen and oxygen atoms in total. The lowest BCUT2D eigenvalue weighted by atomic mass is 10.2. The summed E-state index contributed by atoms with van der Waals surface area (Å²) in [4.78, 5) is 9.23. The zero-order valence-corrected chi connectivity index (χ0v) is 10.8. The number of hydrogen-bond donors (Lipinski definition) is 2. The molecule has 1 aromatic carbocycles. The highest BCUT2D eigenvalue weighted by atomic mass is 32.2. The van der Waals surface area contributed by atoms with Gasteiger partial charge in [0.2, 0.25) is 0 Å². The van der Waals surface area contributed by atoms with Crippen LogP contribution in [-0.2, 0) is 0 Å². The fraction of sp³-hybridized carbons (Fsp3) is 0. The fourth-order valence-electron chi connectivity index (χ4n) is 1.80. The number of nitrogens with zero attached hydrogens (tertiary/aromatic N) is 2. The molecule has 19 heavy (non-hydrogen) atoms. The van der Waals surface area contributed by atoms with Crippen molar-refractivity contribution in [1.82, 2.24) is 9.97 Å². The summed E-state index contributed by atoms with van der Waals surface area (Å²) in [5, 5.41) is 12.4. The lowest BCUT2D eigenvalue weighted by molar-refractivity contribution is 0.476. The van der Waals surface area contributed by atoms with Crippen LogP contribution in [0.4, 0.5) is 5.69 Å². The Kier molecular flexibility index (Phi) is 2.97. The van der Waals surface area contributed by atoms with Crippen molar-refractivity contribution >= 4 is 28.2 Å². The molecule has 94 valence electrons. The number of aromatic nitrogens is 2. The molecule has 2 heterocycles. The average Bonchev–Trinajstić information content (AvgIpc) is 2.42. The third kappa shape index (κ3) is 2.32. The summed E-state index contributed by atoms with van der Waals surface area (Å²) in [7, 11) is 0. The highest BCUT2D eigenvalue weighted by Gasteiger charge is 2.07. The first-order valence-corrected chi connectivity index (χ1v) is 6.51. The predicted octanol–water partition coefficient (Wildman–Crippen LogP) is 3.07. The maximum atomic E-state index is 9.60. The second-order valence-corrected chi connectivity index (χ2v) is 5.07. The van der Waals surface area contributed by atoms with Crippen molar-refractivity contribution < 1.29 is 5.11 Å². The molecule has 3 aromatic rings. The number of aromatic hydroxyl groups is 1. The number of benzene rings is 1. The van der Waals surface area contributed by atoms with Gasteiger partial charge >= 0.3 is 0 Å². The molecule has 0 aliphatic rings. The van der Waals surface area contributed by atoms with Crippen LogP contribution in [0.15, 0.2) is 58.8 Å². The maximum Gasteiger partial charge on any atom is 0.116 e. The molecule has 0 unspecified atom stereocenters. The van der Waals surface area contributed by atoms with Crippen molar-refractivity contribution in [2.75, 3.05) is 5.73 Å². The minimum Gasteiger partial charge on any atom is -0.508 e. The van der Waals surface area contributed by atoms with Crippen LogP contribution in [0.1, 0.15) is 0 Å². The van der Waals surface area contributed by atoms with E-state index in [9.17, 15) is 5.11 Å². The topological polar surface area (TPSA) is 72.0 Å². The van der Waals surface area contributed by atoms with Crippen LogP contribution in [0.3, 0.4) is 0 Å². The van der Waals surface area contributed by atoms with E-state index in [-0.39, 0.29) is 5.75 Å². The van der Waals surface area contributed by atoms with Crippen molar-refractivity contribution in [2.24, 2.45) is 0 Å². The Morgan fingerprint density at radius 1 is 1.11 bits per heavy atom. The molecule has 0 aliphatic carbocycles. The minimum atomic E-state index is 0.227. The third-order valence-corrected chi connectivity index (χ3v) is 3.84. The van der Waals surface area contributed by atoms with Gasteiger partial charge < -0.3 is 10.8 Å². The number of nitrogen functional groups attached to an aromatic ring is 1. The maximum absolute atomic E-state index is 9.60. The summed E-state index contributed by atoms with van der Waals surface area (Å²) in [6, 6.07) is 9.00. The van der Waals surface area contributed by atoms with E-state index in [1.807, 2.05) is 18.2 Å². The molecule has 0 aliphatic heterocycles. The van der Waals surface area contributed by atoms with E-state index in [0.29, 0.717) is 5.69 Å². The summed E-state index contributed by atoms with van der Waals surface area (Å²) in [5.74, 6) is 0.227. The summed E-state index contributed by atoms with van der Waals surface area (Å²) in [5.41, 5.74) is 6.50. The van der Waals surface area contributed by atoms with Gasteiger partial charge in [0, 0.05) is 22.7 Å². The zero-order chi connectivity index (χ0) is 13.2. The van der Waals surface area contributed by atoms with Gasteiger partial charge in [-0.1, -0.05) is 17.8 Å². The number of anilines is 1. The molecule has 0 spiro atoms. The molecule has 0 bridgehead atoms. The number of nitrogens with two attached hydrogens (primary N) is 1. The number of phenols is 1. The molecule has 0 atom stereocenters. The Morgan fingerprint density at radius 2 is 2.00 bits per heavy atom. The Labute approximate surface area is 114 Å². The first-order chi connectivity index (χ1) is 9.24. The lowest BCUT2D eigenvalue weighted by Gasteiger charge is -2.07. The van der Waals surface area contributed by atoms with Crippen molar-refractivity contribution in [3.8, 4) is 5.75 Å². The molecule has 0 saturated carbocycles. The number of pyridine rings is 2. The molecule has 0 saturated heterocycles. The quantitative estimate of drug-likeness (QED) is 0.748. The average molecular weight is 269 g/mol. The van der Waals surface area contributed by atoms with Crippen molar-refractivity contribution in [2.45, 2.75) is 9.92 Å². The largest absolute Gasteiger partial charge is 0.508 e. The summed E-state index contributed by atoms with van der Waals surface area (Å²) in [6.07, 6.45) is 5.06. The highest BCUT2D eigenvalue weighted by Crippen LogP contribution is 2.35. The van der Waals surface area contributed by atoms with Gasteiger partial charge in [-0.05, 0) is 29.7 Å². The van der Waals surface area contributed by atoms with Crippen LogP contribution in [0.25, 0.3) is 10.8 Å². The summed E-state index contributed by atoms with van der Waals surface area (Å²) in [6.45, 7) is 0. The van der Waals surface area contributed by atoms with Crippen LogP contribution < -0.4 is 5.73 Å². The van der Waals surface area contributed by atoms with E-state index in [2.05, 4.69) is 9.97 Å². The monoisotopic (exact) mass is 269 g/mol. The second kappa shape index (κ2) is 4.78. The lowest BCUT2D eigenvalue weighted by Crippen LogP contribution is -1.90. The normalized spacial score (nSPS) is 10.7. The molecular weight excluding hydrogens is 258 g/mol. The van der Waals surface area contributed by atoms with Gasteiger partial charge in [0.1, 0.15) is 10.8 Å². The molecule has 0 fully saturated rings. The zero-order valence-electron chi connectivity index (χ0n) is 9.95. The Balaban J connectivity index is 2.10. The predicted molar refractivity (Wildman–Crippen MR) is 76.2 cm³/mol. The van der Waals surface area contributed by atoms with Gasteiger partial charge in [0.15, 0.2) is 0 Å². The van der Waals surface area contributed by atoms with E-state index < -0.39 is 0 Å². The van der Waals surface area contributed by atoms with E-state index >= 15 is 0 Å². The van der Waals surface area contributed by atoms with Gasteiger partial charge in [-0.15, -0.1) is 0 Å². The minimum absolute atomic E-state index is 0.227. The Hall–Kier alpha value is -2.27. The van der Waals surface area contributed by atoms with E-state index in [1.54, 1.807) is 30.7 Å². The SMILES string of the molecule is Nc1cnccc1Sc1nccc2ccc(O)cc12. The second-order valence-electron chi connectivity index (χ2n) is 4.04. The first kappa shape index (κ1) is 11.8. The van der Waals surface area contributed by atoms with Gasteiger partial charge in [0.25, 0.3) is 0 Å². The van der Waals surface area contributed by atoms with E-state index in [4.69, 9.17) is 5.73 Å². The molecular formula is C14H11N3OS. The molecule has 5 heteroatoms. The van der Waals surface area contributed by atoms with E-state index in [1.165, 1.54) is 11.8 Å². The third-order valence-electron chi connectivity index (χ3n) is 2.73. The van der Waals surface area contributed by atoms with E-state index in [0.717, 1.165) is 20.7 Å². The smallest absolute Gasteiger partial charge is 0.116 e. The highest BCUT2D eigenvalue weighted by molar-refractivity contribution is 7.99. The van der Waals surface area contributed by atoms with Crippen molar-refractivity contribution in [3.05, 3.63) is 48.9 Å². The van der Waals surface area contributed by atoms with Crippen LogP contribution in [-0.4, -0.2) is 15.1 Å². The van der Waals surface area contributed by atoms with Gasteiger partial charge in [-0.2, -0.15) is 0 Å². The molecule has 0 amide bonds. The number of phenolic OH excluding ortho intramolecular Hbond substituents is 1. The molecule has 0 radical (unpaired) electrons. The van der Waals surface area contributed by atoms with Crippen LogP contribution >= 0.6 is 11.8 Å². The summed E-state index contributed by atoms with van der Waals surface area (Å²) < 4.78 is 0. The van der Waals surface area contributed by atoms with Gasteiger partial charge in [0.05, 0.1) is 11.9 Å². The standard InChI is InChI=1S/C14H11N3OS/c15-12-8-16-5-4-13(12)19-14-11-7-10(18)2-1-9(11)3-6-17-14/h1-8,18H,15H2. The first-order valence-electron chi connectivity index (χ1n) is 5.69. The van der Waals surface area contributed by atoms with Crippen molar-refractivity contribution in [3.63, 3.8) is 0 Å². The van der Waals surface area contributed by atoms with Crippen LogP contribution in [0, 0.1) is 0 Å². The molecule has 3 rings (SSSR count). The fourth-order valence-corrected chi connectivity index (χ4v) is 2.71. The number of hydrogen-bond acceptors (Lipinski definition) is 5. The van der Waals surface area contributed by atoms with Gasteiger partial charge in [-0.3, -0.25) is 4.98 Å². The van der Waals surface area contributed by atoms with Crippen molar-refractivity contribution in [1.29, 1.82) is 0 Å². The molecule has 3 N–H and O–H groups in total. The Morgan fingerprint density at radius 3 is 2.84 bits per heavy atom. The van der Waals surface area contributed by atoms with Crippen LogP contribution in [0.2, 0.25) is 0 Å². The summed E-state index contributed by atoms with van der Waals surface area (Å²) >= 11 is 1.47. The Bertz CT molecular complexity index is 746. The number of rotatable bonds is 2. The van der Waals surface area contributed by atoms with Crippen LogP contribution in [0.5, 0.6) is 5.75 Å². The molecule has 2 aromatic heterocycles.